The third-order valence-electron chi connectivity index (χ3n) is 3.16. The van der Waals surface area contributed by atoms with E-state index < -0.39 is 0 Å². The lowest BCUT2D eigenvalue weighted by atomic mass is 10.0. The van der Waals surface area contributed by atoms with E-state index in [-0.39, 0.29) is 12.6 Å². The van der Waals surface area contributed by atoms with E-state index in [9.17, 15) is 4.79 Å². The monoisotopic (exact) mass is 342 g/mol. The molecule has 0 heterocycles. The molecule has 20 heavy (non-hydrogen) atoms. The van der Waals surface area contributed by atoms with E-state index in [2.05, 4.69) is 33.5 Å². The fourth-order valence-corrected chi connectivity index (χ4v) is 2.66. The van der Waals surface area contributed by atoms with Gasteiger partial charge in [-0.2, -0.15) is 0 Å². The van der Waals surface area contributed by atoms with Crippen LogP contribution in [-0.4, -0.2) is 24.3 Å². The number of hydrogen-bond donors (Lipinski definition) is 3. The summed E-state index contributed by atoms with van der Waals surface area (Å²) in [6.45, 7) is 4.86. The Hall–Kier alpha value is -1.07. The molecule has 2 amide bonds. The van der Waals surface area contributed by atoms with Crippen LogP contribution in [0.1, 0.15) is 31.7 Å². The van der Waals surface area contributed by atoms with Gasteiger partial charge in [0.1, 0.15) is 0 Å². The first-order valence-electron chi connectivity index (χ1n) is 6.98. The Morgan fingerprint density at radius 1 is 1.40 bits per heavy atom. The predicted octanol–water partition coefficient (Wildman–Crippen LogP) is 3.68. The zero-order valence-corrected chi connectivity index (χ0v) is 13.7. The van der Waals surface area contributed by atoms with Gasteiger partial charge < -0.3 is 15.7 Å². The molecule has 0 aromatic heterocycles. The normalized spacial score (nSPS) is 12.0. The smallest absolute Gasteiger partial charge is 0.319 e. The Morgan fingerprint density at radius 2 is 2.15 bits per heavy atom. The second-order valence-corrected chi connectivity index (χ2v) is 5.84. The molecule has 0 bridgehead atoms. The molecule has 1 aromatic carbocycles. The second kappa shape index (κ2) is 8.97. The summed E-state index contributed by atoms with van der Waals surface area (Å²) in [4.78, 5) is 11.9. The minimum Gasteiger partial charge on any atom is -0.396 e. The Bertz CT molecular complexity index is 432. The molecule has 1 rings (SSSR count). The van der Waals surface area contributed by atoms with Crippen molar-refractivity contribution in [2.75, 3.05) is 18.5 Å². The van der Waals surface area contributed by atoms with E-state index in [0.717, 1.165) is 35.0 Å². The SMILES string of the molecule is CCCC(CCO)CNC(=O)Nc1ccc(C)cc1Br. The molecule has 0 fully saturated rings. The Balaban J connectivity index is 2.46. The van der Waals surface area contributed by atoms with Crippen LogP contribution in [0, 0.1) is 12.8 Å². The van der Waals surface area contributed by atoms with E-state index in [4.69, 9.17) is 5.11 Å². The highest BCUT2D eigenvalue weighted by Crippen LogP contribution is 2.23. The number of anilines is 1. The molecule has 0 saturated heterocycles. The first-order chi connectivity index (χ1) is 9.56. The lowest BCUT2D eigenvalue weighted by Crippen LogP contribution is -2.33. The first-order valence-corrected chi connectivity index (χ1v) is 7.78. The van der Waals surface area contributed by atoms with Crippen LogP contribution in [-0.2, 0) is 0 Å². The molecular formula is C15H23BrN2O2. The molecule has 0 spiro atoms. The van der Waals surface area contributed by atoms with Crippen LogP contribution < -0.4 is 10.6 Å². The van der Waals surface area contributed by atoms with Gasteiger partial charge in [0.05, 0.1) is 5.69 Å². The highest BCUT2D eigenvalue weighted by Gasteiger charge is 2.10. The van der Waals surface area contributed by atoms with Crippen LogP contribution in [0.3, 0.4) is 0 Å². The zero-order chi connectivity index (χ0) is 15.0. The van der Waals surface area contributed by atoms with Crippen LogP contribution in [0.15, 0.2) is 22.7 Å². The van der Waals surface area contributed by atoms with Crippen LogP contribution >= 0.6 is 15.9 Å². The molecular weight excluding hydrogens is 320 g/mol. The third-order valence-corrected chi connectivity index (χ3v) is 3.81. The van der Waals surface area contributed by atoms with Crippen molar-refractivity contribution in [2.45, 2.75) is 33.1 Å². The zero-order valence-electron chi connectivity index (χ0n) is 12.1. The number of aryl methyl sites for hydroxylation is 1. The van der Waals surface area contributed by atoms with Crippen LogP contribution in [0.5, 0.6) is 0 Å². The Morgan fingerprint density at radius 3 is 2.75 bits per heavy atom. The van der Waals surface area contributed by atoms with Gasteiger partial charge in [0, 0.05) is 17.6 Å². The molecule has 1 unspecified atom stereocenters. The molecule has 1 atom stereocenters. The van der Waals surface area contributed by atoms with Crippen molar-refractivity contribution in [3.63, 3.8) is 0 Å². The molecule has 3 N–H and O–H groups in total. The molecule has 0 aliphatic rings. The van der Waals surface area contributed by atoms with Gasteiger partial charge in [0.25, 0.3) is 0 Å². The summed E-state index contributed by atoms with van der Waals surface area (Å²) in [5, 5.41) is 14.7. The highest BCUT2D eigenvalue weighted by molar-refractivity contribution is 9.10. The van der Waals surface area contributed by atoms with Gasteiger partial charge in [-0.15, -0.1) is 0 Å². The quantitative estimate of drug-likeness (QED) is 0.707. The van der Waals surface area contributed by atoms with E-state index in [1.807, 2.05) is 25.1 Å². The number of aliphatic hydroxyl groups is 1. The van der Waals surface area contributed by atoms with E-state index in [1.54, 1.807) is 0 Å². The third kappa shape index (κ3) is 5.92. The van der Waals surface area contributed by atoms with Gasteiger partial charge in [-0.05, 0) is 59.3 Å². The predicted molar refractivity (Wildman–Crippen MR) is 86.0 cm³/mol. The number of rotatable bonds is 7. The van der Waals surface area contributed by atoms with Crippen molar-refractivity contribution in [2.24, 2.45) is 5.92 Å². The number of hydrogen-bond acceptors (Lipinski definition) is 2. The molecule has 112 valence electrons. The van der Waals surface area contributed by atoms with Crippen molar-refractivity contribution >= 4 is 27.6 Å². The average molecular weight is 343 g/mol. The number of benzene rings is 1. The summed E-state index contributed by atoms with van der Waals surface area (Å²) >= 11 is 3.43. The van der Waals surface area contributed by atoms with E-state index in [1.165, 1.54) is 0 Å². The molecule has 5 heteroatoms. The number of aliphatic hydroxyl groups excluding tert-OH is 1. The Kier molecular flexibility index (Phi) is 7.62. The molecule has 1 aromatic rings. The number of amides is 2. The van der Waals surface area contributed by atoms with Gasteiger partial charge in [-0.1, -0.05) is 19.4 Å². The number of carbonyl (C=O) groups excluding carboxylic acids is 1. The topological polar surface area (TPSA) is 61.4 Å². The van der Waals surface area contributed by atoms with Gasteiger partial charge in [-0.25, -0.2) is 4.79 Å². The van der Waals surface area contributed by atoms with Gasteiger partial charge in [0.2, 0.25) is 0 Å². The second-order valence-electron chi connectivity index (χ2n) is 4.99. The summed E-state index contributed by atoms with van der Waals surface area (Å²) in [6.07, 6.45) is 2.79. The lowest BCUT2D eigenvalue weighted by Gasteiger charge is -2.16. The highest BCUT2D eigenvalue weighted by atomic mass is 79.9. The van der Waals surface area contributed by atoms with Crippen LogP contribution in [0.25, 0.3) is 0 Å². The van der Waals surface area contributed by atoms with Gasteiger partial charge in [0.15, 0.2) is 0 Å². The van der Waals surface area contributed by atoms with Gasteiger partial charge >= 0.3 is 6.03 Å². The van der Waals surface area contributed by atoms with Crippen LogP contribution in [0.2, 0.25) is 0 Å². The minimum absolute atomic E-state index is 0.164. The number of nitrogens with one attached hydrogen (secondary N) is 2. The molecule has 0 aliphatic carbocycles. The number of urea groups is 1. The fraction of sp³-hybridized carbons (Fsp3) is 0.533. The van der Waals surface area contributed by atoms with Crippen LogP contribution in [0.4, 0.5) is 10.5 Å². The van der Waals surface area contributed by atoms with Crippen molar-refractivity contribution in [1.82, 2.24) is 5.32 Å². The van der Waals surface area contributed by atoms with Gasteiger partial charge in [-0.3, -0.25) is 0 Å². The minimum atomic E-state index is -0.214. The van der Waals surface area contributed by atoms with Crippen molar-refractivity contribution < 1.29 is 9.90 Å². The molecule has 0 aliphatic heterocycles. The fourth-order valence-electron chi connectivity index (χ4n) is 2.06. The maximum absolute atomic E-state index is 11.9. The number of carbonyl (C=O) groups is 1. The largest absolute Gasteiger partial charge is 0.396 e. The van der Waals surface area contributed by atoms with E-state index >= 15 is 0 Å². The summed E-state index contributed by atoms with van der Waals surface area (Å²) in [6, 6.07) is 5.57. The first kappa shape index (κ1) is 17.0. The van der Waals surface area contributed by atoms with Crippen molar-refractivity contribution in [3.05, 3.63) is 28.2 Å². The summed E-state index contributed by atoms with van der Waals surface area (Å²) in [7, 11) is 0. The van der Waals surface area contributed by atoms with Crippen molar-refractivity contribution in [3.8, 4) is 0 Å². The van der Waals surface area contributed by atoms with E-state index in [0.29, 0.717) is 12.5 Å². The summed E-state index contributed by atoms with van der Waals surface area (Å²) in [5.41, 5.74) is 1.89. The average Bonchev–Trinajstić information content (AvgIpc) is 2.40. The molecule has 4 nitrogen and oxygen atoms in total. The Labute approximate surface area is 129 Å². The molecule has 0 saturated carbocycles. The lowest BCUT2D eigenvalue weighted by molar-refractivity contribution is 0.236. The number of halogens is 1. The maximum Gasteiger partial charge on any atom is 0.319 e. The molecule has 0 radical (unpaired) electrons. The summed E-state index contributed by atoms with van der Waals surface area (Å²) in [5.74, 6) is 0.331. The standard InChI is InChI=1S/C15H23BrN2O2/c1-3-4-12(7-8-19)10-17-15(20)18-14-6-5-11(2)9-13(14)16/h5-6,9,12,19H,3-4,7-8,10H2,1-2H3,(H2,17,18,20). The summed E-state index contributed by atoms with van der Waals surface area (Å²) < 4.78 is 0.869. The van der Waals surface area contributed by atoms with Crippen molar-refractivity contribution in [1.29, 1.82) is 0 Å². The maximum atomic E-state index is 11.9.